The van der Waals surface area contributed by atoms with Gasteiger partial charge in [-0.2, -0.15) is 0 Å². The largest absolute Gasteiger partial charge is 0.370 e. The van der Waals surface area contributed by atoms with Crippen LogP contribution < -0.4 is 5.32 Å². The second-order valence-electron chi connectivity index (χ2n) is 7.78. The third-order valence-corrected chi connectivity index (χ3v) is 5.73. The average molecular weight is 356 g/mol. The van der Waals surface area contributed by atoms with E-state index in [0.29, 0.717) is 12.5 Å². The zero-order valence-electron chi connectivity index (χ0n) is 15.2. The summed E-state index contributed by atoms with van der Waals surface area (Å²) in [5.74, 6) is 1.59. The molecule has 4 rings (SSSR count). The van der Waals surface area contributed by atoms with Crippen molar-refractivity contribution in [3.05, 3.63) is 23.7 Å². The highest BCUT2D eigenvalue weighted by Crippen LogP contribution is 2.37. The maximum Gasteiger partial charge on any atom is 0.147 e. The van der Waals surface area contributed by atoms with Gasteiger partial charge in [0.1, 0.15) is 17.0 Å². The summed E-state index contributed by atoms with van der Waals surface area (Å²) in [6.07, 6.45) is 3.61. The molecule has 1 aliphatic rings. The molecule has 4 heterocycles. The first kappa shape index (κ1) is 16.7. The van der Waals surface area contributed by atoms with Crippen molar-refractivity contribution < 1.29 is 4.74 Å². The summed E-state index contributed by atoms with van der Waals surface area (Å²) in [6, 6.07) is 2.20. The fraction of sp³-hybridized carbons (Fsp3) is 0.526. The van der Waals surface area contributed by atoms with E-state index in [1.807, 2.05) is 0 Å². The number of thiophene rings is 1. The summed E-state index contributed by atoms with van der Waals surface area (Å²) in [5, 5.41) is 4.58. The SMILES string of the molecule is CC(C)CCNc1ncnc2c1sc1nc3c(cc12)COC(C)(C)C3. The van der Waals surface area contributed by atoms with E-state index in [1.54, 1.807) is 17.7 Å². The van der Waals surface area contributed by atoms with Crippen molar-refractivity contribution in [3.8, 4) is 0 Å². The van der Waals surface area contributed by atoms with E-state index in [9.17, 15) is 0 Å². The van der Waals surface area contributed by atoms with E-state index in [1.165, 1.54) is 5.56 Å². The Labute approximate surface area is 151 Å². The van der Waals surface area contributed by atoms with Gasteiger partial charge in [0.15, 0.2) is 0 Å². The van der Waals surface area contributed by atoms with Crippen molar-refractivity contribution in [3.63, 3.8) is 0 Å². The number of hydrogen-bond acceptors (Lipinski definition) is 6. The van der Waals surface area contributed by atoms with E-state index in [0.717, 1.165) is 51.3 Å². The maximum absolute atomic E-state index is 5.95. The van der Waals surface area contributed by atoms with Crippen LogP contribution in [0.5, 0.6) is 0 Å². The zero-order chi connectivity index (χ0) is 17.6. The first-order chi connectivity index (χ1) is 11.9. The molecule has 3 aromatic heterocycles. The predicted octanol–water partition coefficient (Wildman–Crippen LogP) is 4.55. The number of aromatic nitrogens is 3. The molecule has 0 atom stereocenters. The maximum atomic E-state index is 5.95. The number of fused-ring (bicyclic) bond motifs is 4. The molecule has 0 fully saturated rings. The van der Waals surface area contributed by atoms with Crippen molar-refractivity contribution in [1.29, 1.82) is 0 Å². The molecule has 25 heavy (non-hydrogen) atoms. The lowest BCUT2D eigenvalue weighted by molar-refractivity contribution is -0.0411. The third-order valence-electron chi connectivity index (χ3n) is 4.64. The molecular formula is C19H24N4OS. The Hall–Kier alpha value is -1.79. The van der Waals surface area contributed by atoms with E-state index < -0.39 is 0 Å². The monoisotopic (exact) mass is 356 g/mol. The minimum atomic E-state index is -0.145. The van der Waals surface area contributed by atoms with Crippen LogP contribution in [0.2, 0.25) is 0 Å². The molecule has 0 spiro atoms. The first-order valence-corrected chi connectivity index (χ1v) is 9.68. The van der Waals surface area contributed by atoms with E-state index in [2.05, 4.69) is 49.0 Å². The number of ether oxygens (including phenoxy) is 1. The van der Waals surface area contributed by atoms with Crippen LogP contribution in [-0.2, 0) is 17.8 Å². The van der Waals surface area contributed by atoms with Crippen molar-refractivity contribution in [2.75, 3.05) is 11.9 Å². The normalized spacial score (nSPS) is 16.5. The fourth-order valence-electron chi connectivity index (χ4n) is 3.19. The smallest absolute Gasteiger partial charge is 0.147 e. The van der Waals surface area contributed by atoms with Crippen LogP contribution in [0.1, 0.15) is 45.4 Å². The molecule has 0 saturated heterocycles. The molecule has 0 aliphatic carbocycles. The van der Waals surface area contributed by atoms with E-state index in [-0.39, 0.29) is 5.60 Å². The van der Waals surface area contributed by atoms with Gasteiger partial charge in [0, 0.05) is 23.9 Å². The van der Waals surface area contributed by atoms with Gasteiger partial charge >= 0.3 is 0 Å². The van der Waals surface area contributed by atoms with Crippen molar-refractivity contribution in [2.45, 2.75) is 52.7 Å². The Bertz CT molecular complexity index is 932. The fourth-order valence-corrected chi connectivity index (χ4v) is 4.29. The van der Waals surface area contributed by atoms with Crippen LogP contribution in [-0.4, -0.2) is 27.1 Å². The highest BCUT2D eigenvalue weighted by molar-refractivity contribution is 7.25. The van der Waals surface area contributed by atoms with Gasteiger partial charge in [-0.1, -0.05) is 13.8 Å². The average Bonchev–Trinajstić information content (AvgIpc) is 2.90. The number of nitrogens with one attached hydrogen (secondary N) is 1. The Kier molecular flexibility index (Phi) is 4.12. The van der Waals surface area contributed by atoms with Crippen LogP contribution in [0.4, 0.5) is 5.82 Å². The molecule has 0 aromatic carbocycles. The number of anilines is 1. The number of nitrogens with zero attached hydrogens (tertiary/aromatic N) is 3. The lowest BCUT2D eigenvalue weighted by atomic mass is 9.95. The molecule has 0 saturated carbocycles. The minimum Gasteiger partial charge on any atom is -0.370 e. The third kappa shape index (κ3) is 3.20. The van der Waals surface area contributed by atoms with Gasteiger partial charge in [-0.25, -0.2) is 15.0 Å². The molecule has 1 N–H and O–H groups in total. The number of rotatable bonds is 4. The van der Waals surface area contributed by atoms with Crippen molar-refractivity contribution >= 4 is 37.6 Å². The van der Waals surface area contributed by atoms with Crippen molar-refractivity contribution in [2.24, 2.45) is 5.92 Å². The highest BCUT2D eigenvalue weighted by atomic mass is 32.1. The van der Waals surface area contributed by atoms with Crippen molar-refractivity contribution in [1.82, 2.24) is 15.0 Å². The van der Waals surface area contributed by atoms with Gasteiger partial charge in [-0.15, -0.1) is 11.3 Å². The minimum absolute atomic E-state index is 0.145. The molecule has 0 amide bonds. The molecule has 6 heteroatoms. The molecule has 1 aliphatic heterocycles. The molecule has 5 nitrogen and oxygen atoms in total. The second-order valence-corrected chi connectivity index (χ2v) is 8.78. The summed E-state index contributed by atoms with van der Waals surface area (Å²) < 4.78 is 7.04. The van der Waals surface area contributed by atoms with Crippen LogP contribution >= 0.6 is 11.3 Å². The summed E-state index contributed by atoms with van der Waals surface area (Å²) in [6.45, 7) is 10.2. The zero-order valence-corrected chi connectivity index (χ0v) is 16.0. The van der Waals surface area contributed by atoms with Gasteiger partial charge in [0.05, 0.1) is 28.1 Å². The Morgan fingerprint density at radius 3 is 2.96 bits per heavy atom. The summed E-state index contributed by atoms with van der Waals surface area (Å²) in [5.41, 5.74) is 3.17. The van der Waals surface area contributed by atoms with Gasteiger partial charge in [-0.05, 0) is 32.3 Å². The van der Waals surface area contributed by atoms with E-state index in [4.69, 9.17) is 9.72 Å². The van der Waals surface area contributed by atoms with E-state index >= 15 is 0 Å². The topological polar surface area (TPSA) is 59.9 Å². The van der Waals surface area contributed by atoms with Crippen LogP contribution in [0.15, 0.2) is 12.4 Å². The molecular weight excluding hydrogens is 332 g/mol. The molecule has 132 valence electrons. The number of pyridine rings is 1. The summed E-state index contributed by atoms with van der Waals surface area (Å²) in [4.78, 5) is 15.0. The van der Waals surface area contributed by atoms with Gasteiger partial charge in [0.25, 0.3) is 0 Å². The van der Waals surface area contributed by atoms with Gasteiger partial charge < -0.3 is 10.1 Å². The standard InChI is InChI=1S/C19H24N4OS/c1-11(2)5-6-20-17-16-15(21-10-22-17)13-7-12-9-24-19(3,4)8-14(12)23-18(13)25-16/h7,10-11H,5-6,8-9H2,1-4H3,(H,20,21,22). The Morgan fingerprint density at radius 1 is 1.32 bits per heavy atom. The highest BCUT2D eigenvalue weighted by Gasteiger charge is 2.28. The Morgan fingerprint density at radius 2 is 2.16 bits per heavy atom. The molecule has 0 unspecified atom stereocenters. The Balaban J connectivity index is 1.76. The number of hydrogen-bond donors (Lipinski definition) is 1. The van der Waals surface area contributed by atoms with Crippen LogP contribution in [0.3, 0.4) is 0 Å². The summed E-state index contributed by atoms with van der Waals surface area (Å²) in [7, 11) is 0. The molecule has 3 aromatic rings. The first-order valence-electron chi connectivity index (χ1n) is 8.87. The van der Waals surface area contributed by atoms with Gasteiger partial charge in [0.2, 0.25) is 0 Å². The second kappa shape index (κ2) is 6.18. The lowest BCUT2D eigenvalue weighted by Crippen LogP contribution is -2.32. The predicted molar refractivity (Wildman–Crippen MR) is 103 cm³/mol. The lowest BCUT2D eigenvalue weighted by Gasteiger charge is -2.30. The quantitative estimate of drug-likeness (QED) is 0.743. The molecule has 0 radical (unpaired) electrons. The van der Waals surface area contributed by atoms with Crippen LogP contribution in [0.25, 0.3) is 20.4 Å². The van der Waals surface area contributed by atoms with Crippen LogP contribution in [0, 0.1) is 5.92 Å². The summed E-state index contributed by atoms with van der Waals surface area (Å²) >= 11 is 1.68. The van der Waals surface area contributed by atoms with Gasteiger partial charge in [-0.3, -0.25) is 0 Å². The molecule has 0 bridgehead atoms.